The molecule has 2 aromatic rings. The van der Waals surface area contributed by atoms with Crippen LogP contribution in [0.15, 0.2) is 48.5 Å². The Balaban J connectivity index is 2.05. The fourth-order valence-electron chi connectivity index (χ4n) is 2.04. The van der Waals surface area contributed by atoms with Crippen molar-refractivity contribution in [2.75, 3.05) is 18.2 Å². The molecule has 0 aliphatic heterocycles. The summed E-state index contributed by atoms with van der Waals surface area (Å²) in [6.45, 7) is 0. The Morgan fingerprint density at radius 2 is 1.78 bits per heavy atom. The summed E-state index contributed by atoms with van der Waals surface area (Å²) >= 11 is 0. The summed E-state index contributed by atoms with van der Waals surface area (Å²) in [5, 5.41) is 2.48. The zero-order valence-corrected chi connectivity index (χ0v) is 13.3. The maximum atomic E-state index is 13.5. The van der Waals surface area contributed by atoms with E-state index in [1.807, 2.05) is 0 Å². The lowest BCUT2D eigenvalue weighted by Crippen LogP contribution is -2.24. The Kier molecular flexibility index (Phi) is 5.33. The summed E-state index contributed by atoms with van der Waals surface area (Å²) in [7, 11) is -2.34. The predicted octanol–water partition coefficient (Wildman–Crippen LogP) is 2.39. The van der Waals surface area contributed by atoms with Gasteiger partial charge in [0.2, 0.25) is 5.91 Å². The Morgan fingerprint density at radius 1 is 1.13 bits per heavy atom. The quantitative estimate of drug-likeness (QED) is 0.878. The van der Waals surface area contributed by atoms with E-state index in [1.165, 1.54) is 25.3 Å². The largest absolute Gasteiger partial charge is 0.495 e. The summed E-state index contributed by atoms with van der Waals surface area (Å²) in [4.78, 5) is 11.9. The van der Waals surface area contributed by atoms with E-state index < -0.39 is 33.1 Å². The third-order valence-electron chi connectivity index (χ3n) is 3.07. The van der Waals surface area contributed by atoms with Crippen LogP contribution < -0.4 is 10.1 Å². The van der Waals surface area contributed by atoms with Crippen molar-refractivity contribution in [2.45, 2.75) is 5.75 Å². The molecule has 5 nitrogen and oxygen atoms in total. The molecule has 0 atom stereocenters. The summed E-state index contributed by atoms with van der Waals surface area (Å²) < 4.78 is 42.7. The highest BCUT2D eigenvalue weighted by molar-refractivity contribution is 7.91. The Labute approximate surface area is 134 Å². The average molecular weight is 337 g/mol. The molecule has 0 spiro atoms. The van der Waals surface area contributed by atoms with E-state index in [9.17, 15) is 17.6 Å². The number of anilines is 1. The van der Waals surface area contributed by atoms with E-state index in [-0.39, 0.29) is 5.56 Å². The number of ether oxygens (including phenoxy) is 1. The fourth-order valence-corrected chi connectivity index (χ4v) is 3.32. The molecular formula is C16H16FNO4S. The number of sulfone groups is 1. The van der Waals surface area contributed by atoms with Gasteiger partial charge in [0, 0.05) is 5.56 Å². The molecule has 0 aromatic heterocycles. The van der Waals surface area contributed by atoms with Crippen molar-refractivity contribution in [2.24, 2.45) is 0 Å². The number of hydrogen-bond acceptors (Lipinski definition) is 4. The molecule has 0 unspecified atom stereocenters. The minimum atomic E-state index is -3.79. The zero-order chi connectivity index (χ0) is 16.9. The third kappa shape index (κ3) is 4.79. The third-order valence-corrected chi connectivity index (χ3v) is 4.52. The molecule has 0 bridgehead atoms. The van der Waals surface area contributed by atoms with Gasteiger partial charge in [-0.05, 0) is 18.2 Å². The molecule has 2 aromatic carbocycles. The van der Waals surface area contributed by atoms with Gasteiger partial charge in [-0.2, -0.15) is 0 Å². The van der Waals surface area contributed by atoms with E-state index >= 15 is 0 Å². The number of carbonyl (C=O) groups excluding carboxylic acids is 1. The van der Waals surface area contributed by atoms with E-state index in [1.54, 1.807) is 30.3 Å². The zero-order valence-electron chi connectivity index (χ0n) is 12.5. The Bertz CT molecular complexity index is 805. The molecule has 0 aliphatic carbocycles. The molecule has 0 fully saturated rings. The van der Waals surface area contributed by atoms with E-state index in [0.29, 0.717) is 11.4 Å². The molecule has 0 aliphatic rings. The number of para-hydroxylation sites is 2. The molecule has 2 rings (SSSR count). The first-order chi connectivity index (χ1) is 10.9. The van der Waals surface area contributed by atoms with Gasteiger partial charge < -0.3 is 10.1 Å². The number of rotatable bonds is 6. The monoisotopic (exact) mass is 337 g/mol. The van der Waals surface area contributed by atoms with Crippen LogP contribution in [-0.4, -0.2) is 27.2 Å². The molecule has 0 saturated heterocycles. The minimum absolute atomic E-state index is 0.0394. The van der Waals surface area contributed by atoms with Crippen LogP contribution in [0.5, 0.6) is 5.75 Å². The number of nitrogens with one attached hydrogen (secondary N) is 1. The summed E-state index contributed by atoms with van der Waals surface area (Å²) in [6, 6.07) is 12.2. The van der Waals surface area contributed by atoms with E-state index in [2.05, 4.69) is 5.32 Å². The van der Waals surface area contributed by atoms with Gasteiger partial charge in [-0.1, -0.05) is 30.3 Å². The van der Waals surface area contributed by atoms with E-state index in [0.717, 1.165) is 0 Å². The van der Waals surface area contributed by atoms with Crippen LogP contribution in [0.1, 0.15) is 5.56 Å². The SMILES string of the molecule is COc1ccccc1NC(=O)CS(=O)(=O)Cc1ccccc1F. The lowest BCUT2D eigenvalue weighted by Gasteiger charge is -2.10. The van der Waals surface area contributed by atoms with Crippen LogP contribution in [0.25, 0.3) is 0 Å². The fraction of sp³-hybridized carbons (Fsp3) is 0.188. The van der Waals surface area contributed by atoms with Gasteiger partial charge in [-0.15, -0.1) is 0 Å². The second-order valence-electron chi connectivity index (χ2n) is 4.87. The van der Waals surface area contributed by atoms with Crippen molar-refractivity contribution < 1.29 is 22.3 Å². The van der Waals surface area contributed by atoms with Crippen LogP contribution in [0.3, 0.4) is 0 Å². The van der Waals surface area contributed by atoms with Crippen LogP contribution in [0.2, 0.25) is 0 Å². The smallest absolute Gasteiger partial charge is 0.239 e. The topological polar surface area (TPSA) is 72.5 Å². The molecule has 1 N–H and O–H groups in total. The van der Waals surface area contributed by atoms with Gasteiger partial charge in [0.1, 0.15) is 17.3 Å². The number of methoxy groups -OCH3 is 1. The molecule has 23 heavy (non-hydrogen) atoms. The van der Waals surface area contributed by atoms with Crippen molar-refractivity contribution in [3.63, 3.8) is 0 Å². The number of hydrogen-bond donors (Lipinski definition) is 1. The molecule has 122 valence electrons. The summed E-state index contributed by atoms with van der Waals surface area (Å²) in [5.74, 6) is -2.15. The number of carbonyl (C=O) groups is 1. The van der Waals surface area contributed by atoms with Crippen LogP contribution in [0, 0.1) is 5.82 Å². The number of halogens is 1. The minimum Gasteiger partial charge on any atom is -0.495 e. The lowest BCUT2D eigenvalue weighted by molar-refractivity contribution is -0.113. The van der Waals surface area contributed by atoms with Gasteiger partial charge in [0.25, 0.3) is 0 Å². The van der Waals surface area contributed by atoms with E-state index in [4.69, 9.17) is 4.74 Å². The lowest BCUT2D eigenvalue weighted by atomic mass is 10.2. The van der Waals surface area contributed by atoms with Gasteiger partial charge in [-0.25, -0.2) is 12.8 Å². The Morgan fingerprint density at radius 3 is 2.48 bits per heavy atom. The predicted molar refractivity (Wildman–Crippen MR) is 85.5 cm³/mol. The standard InChI is InChI=1S/C16H16FNO4S/c1-22-15-9-5-4-8-14(15)18-16(19)11-23(20,21)10-12-6-2-3-7-13(12)17/h2-9H,10-11H2,1H3,(H,18,19). The number of amides is 1. The normalized spacial score (nSPS) is 11.0. The molecule has 0 radical (unpaired) electrons. The summed E-state index contributed by atoms with van der Waals surface area (Å²) in [6.07, 6.45) is 0. The molecule has 0 heterocycles. The van der Waals surface area contributed by atoms with Gasteiger partial charge >= 0.3 is 0 Å². The molecule has 7 heteroatoms. The maximum absolute atomic E-state index is 13.5. The highest BCUT2D eigenvalue weighted by atomic mass is 32.2. The first kappa shape index (κ1) is 17.0. The molecular weight excluding hydrogens is 321 g/mol. The first-order valence-corrected chi connectivity index (χ1v) is 8.60. The second-order valence-corrected chi connectivity index (χ2v) is 6.94. The van der Waals surface area contributed by atoms with Crippen molar-refractivity contribution in [1.29, 1.82) is 0 Å². The van der Waals surface area contributed by atoms with Crippen LogP contribution in [-0.2, 0) is 20.4 Å². The summed E-state index contributed by atoms with van der Waals surface area (Å²) in [5.41, 5.74) is 0.415. The van der Waals surface area contributed by atoms with Crippen molar-refractivity contribution in [3.05, 3.63) is 59.9 Å². The van der Waals surface area contributed by atoms with Crippen LogP contribution >= 0.6 is 0 Å². The van der Waals surface area contributed by atoms with Crippen molar-refractivity contribution >= 4 is 21.4 Å². The maximum Gasteiger partial charge on any atom is 0.239 e. The first-order valence-electron chi connectivity index (χ1n) is 6.78. The highest BCUT2D eigenvalue weighted by Gasteiger charge is 2.20. The second kappa shape index (κ2) is 7.23. The average Bonchev–Trinajstić information content (AvgIpc) is 2.49. The van der Waals surface area contributed by atoms with Gasteiger partial charge in [-0.3, -0.25) is 4.79 Å². The van der Waals surface area contributed by atoms with Crippen LogP contribution in [0.4, 0.5) is 10.1 Å². The van der Waals surface area contributed by atoms with Gasteiger partial charge in [0.05, 0.1) is 18.6 Å². The van der Waals surface area contributed by atoms with Crippen molar-refractivity contribution in [3.8, 4) is 5.75 Å². The molecule has 1 amide bonds. The highest BCUT2D eigenvalue weighted by Crippen LogP contribution is 2.23. The van der Waals surface area contributed by atoms with Crippen molar-refractivity contribution in [1.82, 2.24) is 0 Å². The molecule has 0 saturated carbocycles. The number of benzene rings is 2. The Hall–Kier alpha value is -2.41. The van der Waals surface area contributed by atoms with Gasteiger partial charge in [0.15, 0.2) is 9.84 Å².